The molecule has 0 N–H and O–H groups in total. The molecule has 0 heterocycles. The van der Waals surface area contributed by atoms with Crippen LogP contribution in [-0.2, 0) is 12.8 Å². The molecular weight excluding hydrogens is 340 g/mol. The number of alkyl halides is 12. The van der Waals surface area contributed by atoms with Crippen LogP contribution < -0.4 is 0 Å². The standard InChI is InChI=1S/4CF3.Cu/c4*2-1(3)4;. The van der Waals surface area contributed by atoms with Gasteiger partial charge in [0.25, 0.3) is 0 Å². The Hall–Kier alpha value is -0.321. The first kappa shape index (κ1) is 16.7. The molecule has 0 bridgehead atoms. The van der Waals surface area contributed by atoms with Crippen LogP contribution in [-0.4, -0.2) is 20.3 Å². The van der Waals surface area contributed by atoms with E-state index in [9.17, 15) is 52.7 Å². The zero-order chi connectivity index (χ0) is 14.5. The Labute approximate surface area is 86.8 Å². The summed E-state index contributed by atoms with van der Waals surface area (Å²) in [5, 5.41) is -30.1. The number of halogens is 12. The monoisotopic (exact) mass is 339 g/mol. The second kappa shape index (κ2) is 3.84. The topological polar surface area (TPSA) is 0 Å². The summed E-state index contributed by atoms with van der Waals surface area (Å²) < 4.78 is 141. The third-order valence-electron chi connectivity index (χ3n) is 1.03. The summed E-state index contributed by atoms with van der Waals surface area (Å²) in [7, 11) is 0. The van der Waals surface area contributed by atoms with Gasteiger partial charge in [-0.05, 0) is 0 Å². The number of hydrogen-bond acceptors (Lipinski definition) is 0. The van der Waals surface area contributed by atoms with Crippen molar-refractivity contribution in [2.45, 2.75) is 20.3 Å². The van der Waals surface area contributed by atoms with Gasteiger partial charge in [-0.2, -0.15) is 0 Å². The molecule has 0 radical (unpaired) electrons. The second-order valence-corrected chi connectivity index (χ2v) is 5.54. The van der Waals surface area contributed by atoms with E-state index in [4.69, 9.17) is 0 Å². The van der Waals surface area contributed by atoms with Crippen LogP contribution in [0.4, 0.5) is 52.7 Å². The van der Waals surface area contributed by atoms with E-state index in [1.54, 1.807) is 0 Å². The average Bonchev–Trinajstić information content (AvgIpc) is 1.67. The summed E-state index contributed by atoms with van der Waals surface area (Å²) in [5.74, 6) is 0. The Morgan fingerprint density at radius 1 is 0.353 bits per heavy atom. The summed E-state index contributed by atoms with van der Waals surface area (Å²) in [6, 6.07) is 0. The second-order valence-electron chi connectivity index (χ2n) is 1.99. The zero-order valence-corrected chi connectivity index (χ0v) is 7.78. The van der Waals surface area contributed by atoms with Gasteiger partial charge in [-0.3, -0.25) is 0 Å². The number of hydrogen-bond donors (Lipinski definition) is 0. The first-order chi connectivity index (χ1) is 7.00. The van der Waals surface area contributed by atoms with E-state index >= 15 is 0 Å². The zero-order valence-electron chi connectivity index (χ0n) is 6.84. The van der Waals surface area contributed by atoms with E-state index in [-0.39, 0.29) is 0 Å². The van der Waals surface area contributed by atoms with Crippen LogP contribution >= 0.6 is 0 Å². The van der Waals surface area contributed by atoms with Crippen LogP contribution in [0.15, 0.2) is 0 Å². The van der Waals surface area contributed by atoms with Crippen molar-refractivity contribution in [3.63, 3.8) is 0 Å². The van der Waals surface area contributed by atoms with Gasteiger partial charge in [0.2, 0.25) is 0 Å². The Bertz CT molecular complexity index is 211. The van der Waals surface area contributed by atoms with Crippen LogP contribution in [0.1, 0.15) is 0 Å². The van der Waals surface area contributed by atoms with Crippen molar-refractivity contribution in [3.8, 4) is 0 Å². The Morgan fingerprint density at radius 3 is 0.471 bits per heavy atom. The molecule has 0 amide bonds. The van der Waals surface area contributed by atoms with Gasteiger partial charge >= 0.3 is 85.8 Å². The molecule has 0 saturated heterocycles. The van der Waals surface area contributed by atoms with Crippen molar-refractivity contribution < 1.29 is 65.5 Å². The van der Waals surface area contributed by atoms with Gasteiger partial charge in [0.15, 0.2) is 0 Å². The van der Waals surface area contributed by atoms with E-state index in [0.717, 1.165) is 0 Å². The summed E-state index contributed by atoms with van der Waals surface area (Å²) in [5.41, 5.74) is 0. The van der Waals surface area contributed by atoms with Gasteiger partial charge in [-0.15, -0.1) is 0 Å². The Kier molecular flexibility index (Phi) is 3.76. The minimum absolute atomic E-state index is 7.53. The Morgan fingerprint density at radius 2 is 0.471 bits per heavy atom. The normalized spacial score (nSPS) is 17.2. The van der Waals surface area contributed by atoms with E-state index in [1.807, 2.05) is 0 Å². The molecule has 13 heteroatoms. The third kappa shape index (κ3) is 2.30. The quantitative estimate of drug-likeness (QED) is 0.458. The summed E-state index contributed by atoms with van der Waals surface area (Å²) in [4.78, 5) is 0. The maximum atomic E-state index is 11.7. The van der Waals surface area contributed by atoms with Crippen molar-refractivity contribution in [1.29, 1.82) is 0 Å². The van der Waals surface area contributed by atoms with E-state index in [0.29, 0.717) is 0 Å². The molecule has 0 saturated carbocycles. The predicted molar refractivity (Wildman–Crippen MR) is 24.2 cm³/mol. The maximum absolute atomic E-state index is 11.7. The van der Waals surface area contributed by atoms with E-state index in [1.165, 1.54) is 0 Å². The number of rotatable bonds is 0. The van der Waals surface area contributed by atoms with Crippen LogP contribution in [0, 0.1) is 0 Å². The summed E-state index contributed by atoms with van der Waals surface area (Å²) in [6.45, 7) is 0. The van der Waals surface area contributed by atoms with Gasteiger partial charge in [0.1, 0.15) is 0 Å². The van der Waals surface area contributed by atoms with Gasteiger partial charge in [0, 0.05) is 0 Å². The van der Waals surface area contributed by atoms with E-state index in [2.05, 4.69) is 0 Å². The molecule has 0 unspecified atom stereocenters. The molecule has 0 rings (SSSR count). The van der Waals surface area contributed by atoms with Gasteiger partial charge < -0.3 is 0 Å². The molecule has 0 aliphatic carbocycles. The van der Waals surface area contributed by atoms with Crippen LogP contribution in [0.3, 0.4) is 0 Å². The molecule has 0 atom stereocenters. The molecule has 0 fully saturated rings. The summed E-state index contributed by atoms with van der Waals surface area (Å²) in [6.07, 6.45) is 0. The van der Waals surface area contributed by atoms with Gasteiger partial charge in [-0.1, -0.05) is 0 Å². The third-order valence-corrected chi connectivity index (χ3v) is 4.23. The van der Waals surface area contributed by atoms with Gasteiger partial charge in [0.05, 0.1) is 0 Å². The Balaban J connectivity index is 6.37. The van der Waals surface area contributed by atoms with E-state index < -0.39 is 33.1 Å². The average molecular weight is 340 g/mol. The van der Waals surface area contributed by atoms with Crippen molar-refractivity contribution in [3.05, 3.63) is 0 Å². The van der Waals surface area contributed by atoms with Crippen LogP contribution in [0.5, 0.6) is 0 Å². The summed E-state index contributed by atoms with van der Waals surface area (Å²) >= 11 is -8.79. The van der Waals surface area contributed by atoms with Gasteiger partial charge in [-0.25, -0.2) is 0 Å². The molecule has 0 nitrogen and oxygen atoms in total. The van der Waals surface area contributed by atoms with Crippen molar-refractivity contribution in [2.75, 3.05) is 0 Å². The molecule has 17 heavy (non-hydrogen) atoms. The van der Waals surface area contributed by atoms with Crippen molar-refractivity contribution >= 4 is 0 Å². The van der Waals surface area contributed by atoms with Crippen molar-refractivity contribution in [1.82, 2.24) is 0 Å². The first-order valence-electron chi connectivity index (χ1n) is 2.87. The fourth-order valence-corrected chi connectivity index (χ4v) is 2.40. The molecule has 111 valence electrons. The molecule has 0 spiro atoms. The minimum atomic E-state index is -8.79. The first-order valence-corrected chi connectivity index (χ1v) is 4.75. The molecule has 0 aliphatic heterocycles. The SMILES string of the molecule is F[C](F)(F)[Cu]([C](F)(F)F)([C](F)(F)F)[C](F)(F)F. The molecule has 0 aromatic carbocycles. The van der Waals surface area contributed by atoms with Crippen molar-refractivity contribution in [2.24, 2.45) is 0 Å². The fraction of sp³-hybridized carbons (Fsp3) is 1.00. The van der Waals surface area contributed by atoms with Crippen LogP contribution in [0.2, 0.25) is 0 Å². The molecular formula is C4CuF12. The predicted octanol–water partition coefficient (Wildman–Crippen LogP) is 4.22. The molecule has 0 aromatic rings. The van der Waals surface area contributed by atoms with Crippen LogP contribution in [0.25, 0.3) is 0 Å². The fourth-order valence-electron chi connectivity index (χ4n) is 0.581. The molecule has 0 aliphatic rings. The molecule has 0 aromatic heterocycles.